The molecule has 0 aliphatic carbocycles. The third kappa shape index (κ3) is 2.77. The van der Waals surface area contributed by atoms with Crippen molar-refractivity contribution >= 4 is 0 Å². The fourth-order valence-corrected chi connectivity index (χ4v) is 3.01. The van der Waals surface area contributed by atoms with Crippen molar-refractivity contribution in [2.24, 2.45) is 11.3 Å². The summed E-state index contributed by atoms with van der Waals surface area (Å²) in [5.74, 6) is 0.195. The van der Waals surface area contributed by atoms with Gasteiger partial charge in [-0.2, -0.15) is 0 Å². The summed E-state index contributed by atoms with van der Waals surface area (Å²) in [6.45, 7) is 16.0. The Bertz CT molecular complexity index is 210. The summed E-state index contributed by atoms with van der Waals surface area (Å²) in [7, 11) is 0. The maximum Gasteiger partial charge on any atom is 0.119 e. The van der Waals surface area contributed by atoms with Crippen LogP contribution in [0.2, 0.25) is 0 Å². The minimum absolute atomic E-state index is 0.0398. The van der Waals surface area contributed by atoms with Crippen molar-refractivity contribution in [2.45, 2.75) is 72.6 Å². The first-order valence-corrected chi connectivity index (χ1v) is 6.46. The molecule has 1 fully saturated rings. The molecule has 0 bridgehead atoms. The first kappa shape index (κ1) is 14.0. The SMILES string of the molecule is CC1C(F)C(C(C)(C)C)CCN1C(C)(C)C. The number of alkyl halides is 1. The molecule has 0 aromatic carbocycles. The largest absolute Gasteiger partial charge is 0.293 e. The van der Waals surface area contributed by atoms with Gasteiger partial charge in [0.25, 0.3) is 0 Å². The van der Waals surface area contributed by atoms with Crippen LogP contribution in [-0.2, 0) is 0 Å². The number of piperidine rings is 1. The number of hydrogen-bond acceptors (Lipinski definition) is 1. The van der Waals surface area contributed by atoms with Crippen molar-refractivity contribution < 1.29 is 4.39 Å². The van der Waals surface area contributed by atoms with Crippen LogP contribution in [-0.4, -0.2) is 29.2 Å². The standard InChI is InChI=1S/C14H28FN/c1-10-12(15)11(13(2,3)4)8-9-16(10)14(5,6)7/h10-12H,8-9H2,1-7H3. The third-order valence-corrected chi connectivity index (χ3v) is 3.99. The zero-order valence-corrected chi connectivity index (χ0v) is 12.0. The van der Waals surface area contributed by atoms with Crippen molar-refractivity contribution in [1.29, 1.82) is 0 Å². The minimum atomic E-state index is -0.701. The molecule has 1 heterocycles. The quantitative estimate of drug-likeness (QED) is 0.609. The summed E-state index contributed by atoms with van der Waals surface area (Å²) < 4.78 is 14.5. The van der Waals surface area contributed by atoms with E-state index in [4.69, 9.17) is 0 Å². The van der Waals surface area contributed by atoms with E-state index in [2.05, 4.69) is 46.4 Å². The second-order valence-electron chi connectivity index (χ2n) is 7.31. The van der Waals surface area contributed by atoms with E-state index in [1.54, 1.807) is 0 Å². The Morgan fingerprint density at radius 3 is 1.94 bits per heavy atom. The van der Waals surface area contributed by atoms with Crippen LogP contribution < -0.4 is 0 Å². The summed E-state index contributed by atoms with van der Waals surface area (Å²) in [6, 6.07) is 0.0398. The zero-order valence-electron chi connectivity index (χ0n) is 12.0. The van der Waals surface area contributed by atoms with Gasteiger partial charge in [-0.1, -0.05) is 20.8 Å². The molecule has 1 aliphatic heterocycles. The Morgan fingerprint density at radius 1 is 1.06 bits per heavy atom. The molecule has 0 radical (unpaired) electrons. The summed E-state index contributed by atoms with van der Waals surface area (Å²) in [5.41, 5.74) is 0.157. The van der Waals surface area contributed by atoms with E-state index >= 15 is 0 Å². The molecule has 16 heavy (non-hydrogen) atoms. The van der Waals surface area contributed by atoms with Gasteiger partial charge in [0.05, 0.1) is 0 Å². The normalized spacial score (nSPS) is 34.1. The average molecular weight is 229 g/mol. The monoisotopic (exact) mass is 229 g/mol. The highest BCUT2D eigenvalue weighted by molar-refractivity contribution is 4.96. The van der Waals surface area contributed by atoms with Crippen molar-refractivity contribution in [3.63, 3.8) is 0 Å². The van der Waals surface area contributed by atoms with Gasteiger partial charge in [-0.3, -0.25) is 4.90 Å². The highest BCUT2D eigenvalue weighted by atomic mass is 19.1. The number of nitrogens with zero attached hydrogens (tertiary/aromatic N) is 1. The Morgan fingerprint density at radius 2 is 1.56 bits per heavy atom. The van der Waals surface area contributed by atoms with Gasteiger partial charge in [-0.15, -0.1) is 0 Å². The molecule has 1 aliphatic rings. The molecular weight excluding hydrogens is 201 g/mol. The van der Waals surface area contributed by atoms with Crippen molar-refractivity contribution in [3.05, 3.63) is 0 Å². The highest BCUT2D eigenvalue weighted by Crippen LogP contribution is 2.40. The van der Waals surface area contributed by atoms with Crippen LogP contribution in [0.4, 0.5) is 4.39 Å². The molecule has 1 saturated heterocycles. The predicted molar refractivity (Wildman–Crippen MR) is 68.4 cm³/mol. The second-order valence-corrected chi connectivity index (χ2v) is 7.31. The lowest BCUT2D eigenvalue weighted by atomic mass is 9.71. The molecule has 0 aromatic heterocycles. The summed E-state index contributed by atoms with van der Waals surface area (Å²) >= 11 is 0. The van der Waals surface area contributed by atoms with E-state index in [1.165, 1.54) is 0 Å². The average Bonchev–Trinajstić information content (AvgIpc) is 2.05. The predicted octanol–water partition coefficient (Wildman–Crippen LogP) is 3.88. The molecule has 0 aromatic rings. The molecular formula is C14H28FN. The Hall–Kier alpha value is -0.110. The lowest BCUT2D eigenvalue weighted by molar-refractivity contribution is -0.0510. The fraction of sp³-hybridized carbons (Fsp3) is 1.00. The lowest BCUT2D eigenvalue weighted by Crippen LogP contribution is -2.58. The Balaban J connectivity index is 2.81. The molecule has 96 valence electrons. The van der Waals surface area contributed by atoms with Gasteiger partial charge in [-0.05, 0) is 52.0 Å². The van der Waals surface area contributed by atoms with Gasteiger partial charge < -0.3 is 0 Å². The van der Waals surface area contributed by atoms with Gasteiger partial charge in [0, 0.05) is 11.6 Å². The molecule has 0 amide bonds. The summed E-state index contributed by atoms with van der Waals surface area (Å²) in [4.78, 5) is 2.31. The van der Waals surface area contributed by atoms with Crippen molar-refractivity contribution in [1.82, 2.24) is 4.90 Å². The Kier molecular flexibility index (Phi) is 3.74. The van der Waals surface area contributed by atoms with Crippen LogP contribution in [0.25, 0.3) is 0 Å². The smallest absolute Gasteiger partial charge is 0.119 e. The number of hydrogen-bond donors (Lipinski definition) is 0. The molecule has 2 heteroatoms. The van der Waals surface area contributed by atoms with Crippen LogP contribution in [0.5, 0.6) is 0 Å². The number of halogens is 1. The molecule has 0 N–H and O–H groups in total. The van der Waals surface area contributed by atoms with Crippen LogP contribution in [0.3, 0.4) is 0 Å². The van der Waals surface area contributed by atoms with E-state index < -0.39 is 6.17 Å². The maximum atomic E-state index is 14.5. The second kappa shape index (κ2) is 4.29. The molecule has 1 rings (SSSR count). The van der Waals surface area contributed by atoms with Gasteiger partial charge in [-0.25, -0.2) is 4.39 Å². The molecule has 1 nitrogen and oxygen atoms in total. The van der Waals surface area contributed by atoms with Gasteiger partial charge in [0.2, 0.25) is 0 Å². The van der Waals surface area contributed by atoms with Crippen molar-refractivity contribution in [2.75, 3.05) is 6.54 Å². The first-order valence-electron chi connectivity index (χ1n) is 6.46. The van der Waals surface area contributed by atoms with Gasteiger partial charge in [0.1, 0.15) is 6.17 Å². The van der Waals surface area contributed by atoms with Gasteiger partial charge >= 0.3 is 0 Å². The summed E-state index contributed by atoms with van der Waals surface area (Å²) in [5, 5.41) is 0. The Labute approximate surface area is 100 Å². The summed E-state index contributed by atoms with van der Waals surface area (Å²) in [6.07, 6.45) is 0.277. The molecule has 0 spiro atoms. The number of rotatable bonds is 0. The maximum absolute atomic E-state index is 14.5. The third-order valence-electron chi connectivity index (χ3n) is 3.99. The fourth-order valence-electron chi connectivity index (χ4n) is 3.01. The van der Waals surface area contributed by atoms with E-state index in [1.807, 2.05) is 6.92 Å². The molecule has 3 unspecified atom stereocenters. The van der Waals surface area contributed by atoms with E-state index in [-0.39, 0.29) is 22.9 Å². The van der Waals surface area contributed by atoms with Crippen LogP contribution in [0.15, 0.2) is 0 Å². The lowest BCUT2D eigenvalue weighted by Gasteiger charge is -2.50. The van der Waals surface area contributed by atoms with Gasteiger partial charge in [0.15, 0.2) is 0 Å². The van der Waals surface area contributed by atoms with E-state index in [9.17, 15) is 4.39 Å². The molecule has 3 atom stereocenters. The van der Waals surface area contributed by atoms with E-state index in [0.717, 1.165) is 13.0 Å². The van der Waals surface area contributed by atoms with E-state index in [0.29, 0.717) is 0 Å². The van der Waals surface area contributed by atoms with Crippen LogP contribution in [0.1, 0.15) is 54.9 Å². The van der Waals surface area contributed by atoms with Crippen LogP contribution >= 0.6 is 0 Å². The zero-order chi connectivity index (χ0) is 12.7. The first-order chi connectivity index (χ1) is 7.05. The highest BCUT2D eigenvalue weighted by Gasteiger charge is 2.43. The van der Waals surface area contributed by atoms with Crippen molar-refractivity contribution in [3.8, 4) is 0 Å². The van der Waals surface area contributed by atoms with Crippen LogP contribution in [0, 0.1) is 11.3 Å². The number of likely N-dealkylation sites (tertiary alicyclic amines) is 1. The minimum Gasteiger partial charge on any atom is -0.293 e. The topological polar surface area (TPSA) is 3.24 Å². The molecule has 0 saturated carbocycles.